The van der Waals surface area contributed by atoms with Crippen molar-refractivity contribution in [2.24, 2.45) is 0 Å². The van der Waals surface area contributed by atoms with Gasteiger partial charge in [0.15, 0.2) is 5.78 Å². The van der Waals surface area contributed by atoms with Crippen molar-refractivity contribution in [2.45, 2.75) is 6.42 Å². The zero-order chi connectivity index (χ0) is 13.5. The molecule has 0 saturated heterocycles. The lowest BCUT2D eigenvalue weighted by molar-refractivity contribution is 0.104. The highest BCUT2D eigenvalue weighted by molar-refractivity contribution is 6.13. The normalized spacial score (nSPS) is 13.2. The van der Waals surface area contributed by atoms with E-state index in [1.165, 1.54) is 0 Å². The molecule has 2 aromatic heterocycles. The molecule has 0 spiro atoms. The minimum atomic E-state index is -0.0392. The van der Waals surface area contributed by atoms with Crippen molar-refractivity contribution in [2.75, 3.05) is 6.61 Å². The van der Waals surface area contributed by atoms with Crippen LogP contribution in [0.15, 0.2) is 43.0 Å². The summed E-state index contributed by atoms with van der Waals surface area (Å²) < 4.78 is 7.11. The fraction of sp³-hybridized carbons (Fsp3) is 0.133. The second-order valence-electron chi connectivity index (χ2n) is 4.71. The van der Waals surface area contributed by atoms with E-state index in [0.717, 1.165) is 17.7 Å². The molecular weight excluding hydrogens is 254 g/mol. The maximum Gasteiger partial charge on any atom is 0.196 e. The van der Waals surface area contributed by atoms with Crippen LogP contribution in [0.25, 0.3) is 5.52 Å². The highest BCUT2D eigenvalue weighted by Gasteiger charge is 2.18. The zero-order valence-electron chi connectivity index (χ0n) is 10.6. The predicted molar refractivity (Wildman–Crippen MR) is 72.1 cm³/mol. The molecule has 1 aliphatic heterocycles. The number of hydrogen-bond donors (Lipinski definition) is 0. The monoisotopic (exact) mass is 265 g/mol. The minimum absolute atomic E-state index is 0.0392. The van der Waals surface area contributed by atoms with Gasteiger partial charge in [-0.1, -0.05) is 0 Å². The Morgan fingerprint density at radius 2 is 2.25 bits per heavy atom. The molecule has 5 nitrogen and oxygen atoms in total. The number of carbonyl (C=O) groups excluding carboxylic acids is 1. The Kier molecular flexibility index (Phi) is 2.32. The smallest absolute Gasteiger partial charge is 0.196 e. The molecule has 3 heterocycles. The highest BCUT2D eigenvalue weighted by atomic mass is 16.5. The average molecular weight is 265 g/mol. The number of ether oxygens (including phenoxy) is 1. The Morgan fingerprint density at radius 1 is 1.30 bits per heavy atom. The lowest BCUT2D eigenvalue weighted by Gasteiger charge is -2.02. The highest BCUT2D eigenvalue weighted by Crippen LogP contribution is 2.27. The summed E-state index contributed by atoms with van der Waals surface area (Å²) in [6.07, 6.45) is 7.45. The molecule has 1 aromatic carbocycles. The van der Waals surface area contributed by atoms with Crippen LogP contribution in [0.5, 0.6) is 5.75 Å². The number of rotatable bonds is 2. The van der Waals surface area contributed by atoms with Crippen molar-refractivity contribution in [3.05, 3.63) is 59.7 Å². The van der Waals surface area contributed by atoms with Gasteiger partial charge in [-0.05, 0) is 23.8 Å². The molecule has 0 unspecified atom stereocenters. The lowest BCUT2D eigenvalue weighted by Crippen LogP contribution is -2.01. The number of hydrogen-bond acceptors (Lipinski definition) is 4. The fourth-order valence-electron chi connectivity index (χ4n) is 2.49. The molecule has 0 saturated carbocycles. The predicted octanol–water partition coefficient (Wildman–Crippen LogP) is 1.90. The molecule has 5 heteroatoms. The van der Waals surface area contributed by atoms with Crippen LogP contribution in [0.4, 0.5) is 0 Å². The van der Waals surface area contributed by atoms with Gasteiger partial charge in [0, 0.05) is 24.4 Å². The molecule has 0 fully saturated rings. The minimum Gasteiger partial charge on any atom is -0.493 e. The van der Waals surface area contributed by atoms with Crippen molar-refractivity contribution in [3.63, 3.8) is 0 Å². The van der Waals surface area contributed by atoms with E-state index in [4.69, 9.17) is 4.74 Å². The van der Waals surface area contributed by atoms with Crippen LogP contribution in [0, 0.1) is 0 Å². The van der Waals surface area contributed by atoms with Crippen molar-refractivity contribution in [1.82, 2.24) is 14.6 Å². The van der Waals surface area contributed by atoms with Gasteiger partial charge < -0.3 is 4.74 Å². The van der Waals surface area contributed by atoms with Crippen LogP contribution >= 0.6 is 0 Å². The molecule has 0 atom stereocenters. The van der Waals surface area contributed by atoms with Gasteiger partial charge >= 0.3 is 0 Å². The quantitative estimate of drug-likeness (QED) is 0.664. The van der Waals surface area contributed by atoms with Crippen LogP contribution in [0.1, 0.15) is 21.5 Å². The van der Waals surface area contributed by atoms with Gasteiger partial charge in [0.1, 0.15) is 5.75 Å². The van der Waals surface area contributed by atoms with E-state index in [1.807, 2.05) is 12.1 Å². The molecular formula is C15H11N3O2. The first-order valence-corrected chi connectivity index (χ1v) is 6.41. The average Bonchev–Trinajstić information content (AvgIpc) is 3.12. The SMILES string of the molecule is O=C(c1ccc2c(c1)CCO2)c1cnn2ccncc12. The van der Waals surface area contributed by atoms with Gasteiger partial charge in [-0.2, -0.15) is 5.10 Å². The molecule has 0 bridgehead atoms. The standard InChI is InChI=1S/C15H11N3O2/c19-15(11-1-2-14-10(7-11)3-6-20-14)12-8-17-18-5-4-16-9-13(12)18/h1-2,4-5,7-9H,3,6H2. The van der Waals surface area contributed by atoms with Crippen LogP contribution < -0.4 is 4.74 Å². The fourth-order valence-corrected chi connectivity index (χ4v) is 2.49. The Bertz CT molecular complexity index is 823. The molecule has 1 aliphatic rings. The summed E-state index contributed by atoms with van der Waals surface area (Å²) in [5.74, 6) is 0.839. The lowest BCUT2D eigenvalue weighted by atomic mass is 10.0. The van der Waals surface area contributed by atoms with E-state index in [1.54, 1.807) is 35.4 Å². The second-order valence-corrected chi connectivity index (χ2v) is 4.71. The number of carbonyl (C=O) groups is 1. The molecule has 0 amide bonds. The first-order valence-electron chi connectivity index (χ1n) is 6.41. The topological polar surface area (TPSA) is 56.5 Å². The zero-order valence-corrected chi connectivity index (χ0v) is 10.6. The summed E-state index contributed by atoms with van der Waals surface area (Å²) in [7, 11) is 0. The number of nitrogens with zero attached hydrogens (tertiary/aromatic N) is 3. The van der Waals surface area contributed by atoms with Crippen molar-refractivity contribution < 1.29 is 9.53 Å². The molecule has 3 aromatic rings. The number of benzene rings is 1. The number of aromatic nitrogens is 3. The summed E-state index contributed by atoms with van der Waals surface area (Å²) in [4.78, 5) is 16.6. The van der Waals surface area contributed by atoms with E-state index in [9.17, 15) is 4.79 Å². The Balaban J connectivity index is 1.80. The molecule has 20 heavy (non-hydrogen) atoms. The van der Waals surface area contributed by atoms with E-state index in [0.29, 0.717) is 23.3 Å². The maximum atomic E-state index is 12.6. The third kappa shape index (κ3) is 1.60. The van der Waals surface area contributed by atoms with Crippen LogP contribution in [0.3, 0.4) is 0 Å². The summed E-state index contributed by atoms with van der Waals surface area (Å²) in [6.45, 7) is 0.688. The first kappa shape index (κ1) is 11.2. The van der Waals surface area contributed by atoms with E-state index < -0.39 is 0 Å². The second kappa shape index (κ2) is 4.16. The number of fused-ring (bicyclic) bond motifs is 2. The molecule has 0 radical (unpaired) electrons. The van der Waals surface area contributed by atoms with Crippen molar-refractivity contribution >= 4 is 11.3 Å². The van der Waals surface area contributed by atoms with Crippen molar-refractivity contribution in [3.8, 4) is 5.75 Å². The van der Waals surface area contributed by atoms with Gasteiger partial charge in [0.05, 0.1) is 30.1 Å². The van der Waals surface area contributed by atoms with Gasteiger partial charge in [0.2, 0.25) is 0 Å². The van der Waals surface area contributed by atoms with Gasteiger partial charge in [-0.25, -0.2) is 4.52 Å². The summed E-state index contributed by atoms with van der Waals surface area (Å²) in [6, 6.07) is 5.57. The summed E-state index contributed by atoms with van der Waals surface area (Å²) >= 11 is 0. The van der Waals surface area contributed by atoms with Crippen LogP contribution in [0.2, 0.25) is 0 Å². The van der Waals surface area contributed by atoms with Gasteiger partial charge in [-0.15, -0.1) is 0 Å². The largest absolute Gasteiger partial charge is 0.493 e. The van der Waals surface area contributed by atoms with Gasteiger partial charge in [0.25, 0.3) is 0 Å². The van der Waals surface area contributed by atoms with Crippen molar-refractivity contribution in [1.29, 1.82) is 0 Å². The van der Waals surface area contributed by atoms with E-state index in [2.05, 4.69) is 10.1 Å². The third-order valence-electron chi connectivity index (χ3n) is 3.52. The Labute approximate surface area is 114 Å². The molecule has 98 valence electrons. The summed E-state index contributed by atoms with van der Waals surface area (Å²) in [5.41, 5.74) is 3.03. The van der Waals surface area contributed by atoms with Crippen LogP contribution in [-0.4, -0.2) is 27.0 Å². The first-order chi connectivity index (χ1) is 9.83. The van der Waals surface area contributed by atoms with Crippen LogP contribution in [-0.2, 0) is 6.42 Å². The Hall–Kier alpha value is -2.69. The van der Waals surface area contributed by atoms with E-state index >= 15 is 0 Å². The molecule has 4 rings (SSSR count). The maximum absolute atomic E-state index is 12.6. The molecule has 0 aliphatic carbocycles. The van der Waals surface area contributed by atoms with E-state index in [-0.39, 0.29) is 5.78 Å². The summed E-state index contributed by atoms with van der Waals surface area (Å²) in [5, 5.41) is 4.17. The third-order valence-corrected chi connectivity index (χ3v) is 3.52. The Morgan fingerprint density at radius 3 is 3.20 bits per heavy atom. The molecule has 0 N–H and O–H groups in total. The van der Waals surface area contributed by atoms with Gasteiger partial charge in [-0.3, -0.25) is 9.78 Å². The number of ketones is 1.